The SMILES string of the molecule is Cc1cc(=O)c(C(=O)NCCCCOc2ccc(F)cc2)nn1-c1ccccc1C(F)(F)F. The Labute approximate surface area is 186 Å². The number of unbranched alkanes of at least 4 members (excludes halogenated alkanes) is 1. The van der Waals surface area contributed by atoms with Crippen LogP contribution in [0.5, 0.6) is 5.75 Å². The Bertz CT molecular complexity index is 1170. The van der Waals surface area contributed by atoms with E-state index in [1.807, 2.05) is 0 Å². The molecule has 0 unspecified atom stereocenters. The van der Waals surface area contributed by atoms with E-state index in [9.17, 15) is 27.2 Å². The van der Waals surface area contributed by atoms with Gasteiger partial charge >= 0.3 is 6.18 Å². The van der Waals surface area contributed by atoms with Crippen molar-refractivity contribution in [2.75, 3.05) is 13.2 Å². The molecule has 2 aromatic carbocycles. The minimum absolute atomic E-state index is 0.159. The van der Waals surface area contributed by atoms with Crippen LogP contribution in [0.1, 0.15) is 34.6 Å². The van der Waals surface area contributed by atoms with E-state index >= 15 is 0 Å². The molecule has 0 radical (unpaired) electrons. The first-order valence-electron chi connectivity index (χ1n) is 10.1. The molecule has 0 atom stereocenters. The van der Waals surface area contributed by atoms with Crippen LogP contribution in [-0.4, -0.2) is 28.8 Å². The molecule has 0 saturated carbocycles. The van der Waals surface area contributed by atoms with Crippen molar-refractivity contribution >= 4 is 5.91 Å². The number of hydrogen-bond acceptors (Lipinski definition) is 4. The fraction of sp³-hybridized carbons (Fsp3) is 0.261. The zero-order chi connectivity index (χ0) is 24.0. The quantitative estimate of drug-likeness (QED) is 0.400. The van der Waals surface area contributed by atoms with Gasteiger partial charge in [-0.3, -0.25) is 9.59 Å². The van der Waals surface area contributed by atoms with Gasteiger partial charge in [0.25, 0.3) is 5.91 Å². The lowest BCUT2D eigenvalue weighted by Gasteiger charge is -2.16. The third-order valence-electron chi connectivity index (χ3n) is 4.70. The highest BCUT2D eigenvalue weighted by molar-refractivity contribution is 5.92. The van der Waals surface area contributed by atoms with E-state index in [-0.39, 0.29) is 23.7 Å². The number of amides is 1. The summed E-state index contributed by atoms with van der Waals surface area (Å²) in [7, 11) is 0. The normalized spacial score (nSPS) is 11.3. The van der Waals surface area contributed by atoms with Crippen molar-refractivity contribution < 1.29 is 27.1 Å². The molecule has 0 saturated heterocycles. The standard InChI is InChI=1S/C23H21F4N3O3/c1-15-14-20(31)21(29-30(15)19-7-3-2-6-18(19)23(25,26)27)22(32)28-12-4-5-13-33-17-10-8-16(24)9-11-17/h2-3,6-11,14H,4-5,12-13H2,1H3,(H,28,32). The third kappa shape index (κ3) is 6.18. The Morgan fingerprint density at radius 1 is 1.09 bits per heavy atom. The van der Waals surface area contributed by atoms with E-state index < -0.39 is 28.8 Å². The molecule has 3 aromatic rings. The van der Waals surface area contributed by atoms with Gasteiger partial charge in [-0.1, -0.05) is 12.1 Å². The molecule has 0 bridgehead atoms. The second-order valence-electron chi connectivity index (χ2n) is 7.19. The molecule has 3 rings (SSSR count). The Hall–Kier alpha value is -3.69. The van der Waals surface area contributed by atoms with Crippen LogP contribution in [0.4, 0.5) is 17.6 Å². The number of halogens is 4. The van der Waals surface area contributed by atoms with E-state index in [0.717, 1.165) is 16.8 Å². The minimum Gasteiger partial charge on any atom is -0.494 e. The lowest BCUT2D eigenvalue weighted by atomic mass is 10.1. The molecule has 0 fully saturated rings. The van der Waals surface area contributed by atoms with Crippen LogP contribution in [0.3, 0.4) is 0 Å². The number of benzene rings is 2. The molecule has 0 aliphatic carbocycles. The Kier molecular flexibility index (Phi) is 7.47. The maximum Gasteiger partial charge on any atom is 0.418 e. The van der Waals surface area contributed by atoms with Crippen LogP contribution in [-0.2, 0) is 6.18 Å². The number of nitrogens with one attached hydrogen (secondary N) is 1. The number of hydrogen-bond donors (Lipinski definition) is 1. The summed E-state index contributed by atoms with van der Waals surface area (Å²) in [5.41, 5.74) is -2.25. The monoisotopic (exact) mass is 463 g/mol. The van der Waals surface area contributed by atoms with Crippen LogP contribution < -0.4 is 15.5 Å². The molecular weight excluding hydrogens is 442 g/mol. The number of aromatic nitrogens is 2. The predicted molar refractivity (Wildman–Crippen MR) is 113 cm³/mol. The maximum atomic E-state index is 13.4. The summed E-state index contributed by atoms with van der Waals surface area (Å²) in [4.78, 5) is 24.7. The number of nitrogens with zero attached hydrogens (tertiary/aromatic N) is 2. The minimum atomic E-state index is -4.63. The van der Waals surface area contributed by atoms with Gasteiger partial charge in [0, 0.05) is 18.3 Å². The lowest BCUT2D eigenvalue weighted by molar-refractivity contribution is -0.137. The van der Waals surface area contributed by atoms with Crippen LogP contribution >= 0.6 is 0 Å². The van der Waals surface area contributed by atoms with Gasteiger partial charge in [0.05, 0.1) is 17.9 Å². The van der Waals surface area contributed by atoms with Gasteiger partial charge in [-0.25, -0.2) is 9.07 Å². The average Bonchev–Trinajstić information content (AvgIpc) is 2.76. The topological polar surface area (TPSA) is 73.2 Å². The highest BCUT2D eigenvalue weighted by atomic mass is 19.4. The summed E-state index contributed by atoms with van der Waals surface area (Å²) in [6, 6.07) is 11.4. The van der Waals surface area contributed by atoms with Gasteiger partial charge < -0.3 is 10.1 Å². The molecule has 1 aromatic heterocycles. The molecule has 1 amide bonds. The van der Waals surface area contributed by atoms with Crippen molar-refractivity contribution in [1.29, 1.82) is 0 Å². The van der Waals surface area contributed by atoms with Crippen molar-refractivity contribution in [3.63, 3.8) is 0 Å². The first-order valence-corrected chi connectivity index (χ1v) is 10.1. The summed E-state index contributed by atoms with van der Waals surface area (Å²) in [6.07, 6.45) is -3.54. The number of aryl methyl sites for hydroxylation is 1. The Morgan fingerprint density at radius 2 is 1.79 bits per heavy atom. The van der Waals surface area contributed by atoms with Gasteiger partial charge in [0.1, 0.15) is 11.6 Å². The highest BCUT2D eigenvalue weighted by Crippen LogP contribution is 2.33. The second-order valence-corrected chi connectivity index (χ2v) is 7.19. The van der Waals surface area contributed by atoms with E-state index in [1.54, 1.807) is 0 Å². The summed E-state index contributed by atoms with van der Waals surface area (Å²) in [6.45, 7) is 1.98. The first kappa shape index (κ1) is 24.0. The number of carbonyl (C=O) groups excluding carboxylic acids is 1. The molecule has 1 heterocycles. The Morgan fingerprint density at radius 3 is 2.48 bits per heavy atom. The second kappa shape index (κ2) is 10.3. The van der Waals surface area contributed by atoms with E-state index in [4.69, 9.17) is 4.74 Å². The lowest BCUT2D eigenvalue weighted by Crippen LogP contribution is -2.33. The number of ether oxygens (including phenoxy) is 1. The molecule has 174 valence electrons. The summed E-state index contributed by atoms with van der Waals surface area (Å²) in [5.74, 6) is -0.627. The predicted octanol–water partition coefficient (Wildman–Crippen LogP) is 4.29. The van der Waals surface area contributed by atoms with Crippen molar-refractivity contribution in [1.82, 2.24) is 15.1 Å². The van der Waals surface area contributed by atoms with Gasteiger partial charge in [-0.15, -0.1) is 0 Å². The molecule has 6 nitrogen and oxygen atoms in total. The summed E-state index contributed by atoms with van der Waals surface area (Å²) < 4.78 is 59.4. The zero-order valence-electron chi connectivity index (χ0n) is 17.7. The molecule has 0 aliphatic rings. The molecule has 33 heavy (non-hydrogen) atoms. The number of alkyl halides is 3. The number of para-hydroxylation sites is 1. The maximum absolute atomic E-state index is 13.4. The largest absolute Gasteiger partial charge is 0.494 e. The van der Waals surface area contributed by atoms with Gasteiger partial charge in [0.15, 0.2) is 5.69 Å². The average molecular weight is 463 g/mol. The summed E-state index contributed by atoms with van der Waals surface area (Å²) >= 11 is 0. The van der Waals surface area contributed by atoms with Gasteiger partial charge in [-0.2, -0.15) is 18.3 Å². The number of rotatable bonds is 8. The van der Waals surface area contributed by atoms with Crippen LogP contribution in [0.25, 0.3) is 5.69 Å². The van der Waals surface area contributed by atoms with E-state index in [2.05, 4.69) is 10.4 Å². The highest BCUT2D eigenvalue weighted by Gasteiger charge is 2.34. The molecule has 10 heteroatoms. The zero-order valence-corrected chi connectivity index (χ0v) is 17.7. The van der Waals surface area contributed by atoms with Crippen molar-refractivity contribution in [3.05, 3.63) is 87.6 Å². The third-order valence-corrected chi connectivity index (χ3v) is 4.70. The molecule has 0 spiro atoms. The number of carbonyl (C=O) groups is 1. The molecule has 0 aliphatic heterocycles. The molecule has 1 N–H and O–H groups in total. The van der Waals surface area contributed by atoms with Gasteiger partial charge in [0.2, 0.25) is 5.43 Å². The van der Waals surface area contributed by atoms with Crippen LogP contribution in [0.2, 0.25) is 0 Å². The van der Waals surface area contributed by atoms with Crippen molar-refractivity contribution in [3.8, 4) is 11.4 Å². The summed E-state index contributed by atoms with van der Waals surface area (Å²) in [5, 5.41) is 6.46. The smallest absolute Gasteiger partial charge is 0.418 e. The fourth-order valence-corrected chi connectivity index (χ4v) is 3.08. The van der Waals surface area contributed by atoms with Crippen LogP contribution in [0.15, 0.2) is 59.4 Å². The van der Waals surface area contributed by atoms with Gasteiger partial charge in [-0.05, 0) is 56.2 Å². The van der Waals surface area contributed by atoms with E-state index in [0.29, 0.717) is 25.2 Å². The first-order chi connectivity index (χ1) is 15.7. The fourth-order valence-electron chi connectivity index (χ4n) is 3.08. The van der Waals surface area contributed by atoms with Crippen LogP contribution in [0, 0.1) is 12.7 Å². The van der Waals surface area contributed by atoms with E-state index in [1.165, 1.54) is 49.4 Å². The van der Waals surface area contributed by atoms with Crippen molar-refractivity contribution in [2.24, 2.45) is 0 Å². The Balaban J connectivity index is 1.63. The molecular formula is C23H21F4N3O3. The van der Waals surface area contributed by atoms with Crippen molar-refractivity contribution in [2.45, 2.75) is 25.9 Å².